The molecular weight excluding hydrogens is 421 g/mol. The number of carbonyl (C=O) groups excluding carboxylic acids is 3. The maximum atomic E-state index is 14.4. The quantitative estimate of drug-likeness (QED) is 0.719. The van der Waals surface area contributed by atoms with Gasteiger partial charge in [-0.05, 0) is 18.6 Å². The number of carbonyl (C=O) groups is 3. The Kier molecular flexibility index (Phi) is 5.19. The number of piperidine rings is 1. The van der Waals surface area contributed by atoms with E-state index >= 15 is 0 Å². The first kappa shape index (κ1) is 20.1. The molecule has 0 saturated carbocycles. The van der Waals surface area contributed by atoms with Crippen molar-refractivity contribution < 1.29 is 18.8 Å². The third-order valence-electron chi connectivity index (χ3n) is 6.18. The summed E-state index contributed by atoms with van der Waals surface area (Å²) in [5.74, 6) is -1.60. The minimum atomic E-state index is -0.705. The second-order valence-electron chi connectivity index (χ2n) is 8.09. The average Bonchev–Trinajstić information content (AvgIpc) is 3.37. The van der Waals surface area contributed by atoms with Crippen molar-refractivity contribution >= 4 is 34.7 Å². The predicted octanol–water partition coefficient (Wildman–Crippen LogP) is 1.37. The van der Waals surface area contributed by atoms with E-state index in [0.717, 1.165) is 30.9 Å². The predicted molar refractivity (Wildman–Crippen MR) is 112 cm³/mol. The highest BCUT2D eigenvalue weighted by Gasteiger charge is 2.41. The number of aromatic nitrogens is 1. The van der Waals surface area contributed by atoms with Crippen molar-refractivity contribution in [3.8, 4) is 0 Å². The molecule has 3 aliphatic heterocycles. The molecule has 10 heteroatoms. The lowest BCUT2D eigenvalue weighted by Crippen LogP contribution is -2.52. The zero-order valence-electron chi connectivity index (χ0n) is 16.8. The fraction of sp³-hybridized carbons (Fsp3) is 0.429. The molecule has 2 saturated heterocycles. The second kappa shape index (κ2) is 8.01. The molecule has 8 nitrogen and oxygen atoms in total. The molecule has 1 atom stereocenters. The first-order valence-corrected chi connectivity index (χ1v) is 11.3. The molecule has 31 heavy (non-hydrogen) atoms. The van der Waals surface area contributed by atoms with Crippen LogP contribution in [-0.2, 0) is 22.7 Å². The van der Waals surface area contributed by atoms with Crippen LogP contribution in [0.3, 0.4) is 0 Å². The molecule has 4 heterocycles. The highest BCUT2D eigenvalue weighted by molar-refractivity contribution is 7.07. The van der Waals surface area contributed by atoms with Crippen molar-refractivity contribution in [1.29, 1.82) is 0 Å². The summed E-state index contributed by atoms with van der Waals surface area (Å²) in [6, 6.07) is 2.03. The Labute approximate surface area is 182 Å². The molecule has 0 aliphatic carbocycles. The van der Waals surface area contributed by atoms with Crippen LogP contribution < -0.4 is 10.2 Å². The minimum Gasteiger partial charge on any atom is -0.369 e. The lowest BCUT2D eigenvalue weighted by atomic mass is 10.0. The van der Waals surface area contributed by atoms with Crippen LogP contribution in [0.25, 0.3) is 0 Å². The average molecular weight is 444 g/mol. The number of anilines is 1. The van der Waals surface area contributed by atoms with Crippen molar-refractivity contribution in [1.82, 2.24) is 20.1 Å². The maximum absolute atomic E-state index is 14.4. The summed E-state index contributed by atoms with van der Waals surface area (Å²) in [5.41, 5.74) is 4.66. The van der Waals surface area contributed by atoms with E-state index in [2.05, 4.69) is 20.1 Å². The van der Waals surface area contributed by atoms with Crippen LogP contribution in [0.15, 0.2) is 23.0 Å². The van der Waals surface area contributed by atoms with Crippen molar-refractivity contribution in [3.05, 3.63) is 45.7 Å². The number of amides is 3. The molecule has 1 aromatic heterocycles. The number of nitrogens with zero attached hydrogens (tertiary/aromatic N) is 4. The summed E-state index contributed by atoms with van der Waals surface area (Å²) in [7, 11) is 0. The van der Waals surface area contributed by atoms with Gasteiger partial charge in [0, 0.05) is 67.9 Å². The van der Waals surface area contributed by atoms with Gasteiger partial charge in [0.1, 0.15) is 11.9 Å². The van der Waals surface area contributed by atoms with Gasteiger partial charge in [-0.15, -0.1) is 11.3 Å². The molecule has 162 valence electrons. The lowest BCUT2D eigenvalue weighted by molar-refractivity contribution is -0.136. The summed E-state index contributed by atoms with van der Waals surface area (Å²) in [6.07, 6.45) is 0.482. The molecule has 1 N–H and O–H groups in total. The van der Waals surface area contributed by atoms with Gasteiger partial charge in [0.15, 0.2) is 0 Å². The molecule has 1 unspecified atom stereocenters. The van der Waals surface area contributed by atoms with Crippen LogP contribution in [0, 0.1) is 5.82 Å². The van der Waals surface area contributed by atoms with Crippen molar-refractivity contribution in [2.45, 2.75) is 32.0 Å². The van der Waals surface area contributed by atoms with Crippen LogP contribution in [0.4, 0.5) is 10.1 Å². The molecule has 0 radical (unpaired) electrons. The first-order valence-electron chi connectivity index (χ1n) is 10.3. The summed E-state index contributed by atoms with van der Waals surface area (Å²) >= 11 is 1.58. The molecule has 1 aromatic carbocycles. The Balaban J connectivity index is 1.34. The third kappa shape index (κ3) is 3.81. The van der Waals surface area contributed by atoms with Crippen LogP contribution in [0.5, 0.6) is 0 Å². The highest BCUT2D eigenvalue weighted by Crippen LogP contribution is 2.35. The fourth-order valence-electron chi connectivity index (χ4n) is 4.58. The van der Waals surface area contributed by atoms with E-state index in [1.54, 1.807) is 11.3 Å². The number of piperazine rings is 1. The van der Waals surface area contributed by atoms with Gasteiger partial charge in [-0.1, -0.05) is 0 Å². The maximum Gasteiger partial charge on any atom is 0.255 e. The van der Waals surface area contributed by atoms with Gasteiger partial charge in [-0.25, -0.2) is 9.37 Å². The van der Waals surface area contributed by atoms with E-state index in [0.29, 0.717) is 24.3 Å². The van der Waals surface area contributed by atoms with E-state index < -0.39 is 17.8 Å². The Morgan fingerprint density at radius 1 is 1.16 bits per heavy atom. The summed E-state index contributed by atoms with van der Waals surface area (Å²) in [5, 5.41) is 4.34. The molecule has 2 aromatic rings. The topological polar surface area (TPSA) is 85.9 Å². The smallest absolute Gasteiger partial charge is 0.255 e. The summed E-state index contributed by atoms with van der Waals surface area (Å²) < 4.78 is 14.4. The number of rotatable bonds is 4. The molecular formula is C21H22FN5O3S. The van der Waals surface area contributed by atoms with Crippen LogP contribution >= 0.6 is 11.3 Å². The van der Waals surface area contributed by atoms with E-state index in [9.17, 15) is 18.8 Å². The van der Waals surface area contributed by atoms with Gasteiger partial charge in [0.2, 0.25) is 11.8 Å². The Hall–Kier alpha value is -2.85. The summed E-state index contributed by atoms with van der Waals surface area (Å²) in [6.45, 7) is 4.09. The summed E-state index contributed by atoms with van der Waals surface area (Å²) in [4.78, 5) is 47.0. The largest absolute Gasteiger partial charge is 0.369 e. The zero-order chi connectivity index (χ0) is 21.5. The number of benzene rings is 1. The highest BCUT2D eigenvalue weighted by atomic mass is 32.1. The molecule has 3 amide bonds. The van der Waals surface area contributed by atoms with E-state index in [1.807, 2.05) is 10.9 Å². The fourth-order valence-corrected chi connectivity index (χ4v) is 5.13. The number of hydrogen-bond donors (Lipinski definition) is 1. The normalized spacial score (nSPS) is 22.1. The number of hydrogen-bond acceptors (Lipinski definition) is 7. The van der Waals surface area contributed by atoms with E-state index in [-0.39, 0.29) is 31.2 Å². The number of fused-ring (bicyclic) bond motifs is 1. The van der Waals surface area contributed by atoms with E-state index in [4.69, 9.17) is 0 Å². The molecule has 5 rings (SSSR count). The SMILES string of the molecule is O=C1CCC(N2Cc3c(cc(F)cc3N3CCN(Cc4cscn4)CC3)C2=O)C(=O)N1. The number of thiazole rings is 1. The van der Waals surface area contributed by atoms with Crippen molar-refractivity contribution in [2.75, 3.05) is 31.1 Å². The molecule has 0 spiro atoms. The van der Waals surface area contributed by atoms with Gasteiger partial charge in [-0.2, -0.15) is 0 Å². The third-order valence-corrected chi connectivity index (χ3v) is 6.81. The van der Waals surface area contributed by atoms with Gasteiger partial charge in [0.05, 0.1) is 11.2 Å². The minimum absolute atomic E-state index is 0.193. The molecule has 0 bridgehead atoms. The monoisotopic (exact) mass is 443 g/mol. The Bertz CT molecular complexity index is 1040. The number of nitrogens with one attached hydrogen (secondary N) is 1. The zero-order valence-corrected chi connectivity index (χ0v) is 17.7. The van der Waals surface area contributed by atoms with Crippen LogP contribution in [-0.4, -0.2) is 64.7 Å². The standard InChI is InChI=1S/C21H22FN5O3S/c22-13-7-15-16(10-27(21(15)30)17-1-2-19(28)24-20(17)29)18(8-13)26-5-3-25(4-6-26)9-14-11-31-12-23-14/h7-8,11-12,17H,1-6,9-10H2,(H,24,28,29). The second-order valence-corrected chi connectivity index (χ2v) is 8.81. The van der Waals surface area contributed by atoms with Gasteiger partial charge >= 0.3 is 0 Å². The molecule has 3 aliphatic rings. The van der Waals surface area contributed by atoms with Gasteiger partial charge < -0.3 is 9.80 Å². The van der Waals surface area contributed by atoms with Gasteiger partial charge in [0.25, 0.3) is 5.91 Å². The number of halogens is 1. The van der Waals surface area contributed by atoms with Gasteiger partial charge in [-0.3, -0.25) is 24.6 Å². The van der Waals surface area contributed by atoms with E-state index in [1.165, 1.54) is 17.0 Å². The first-order chi connectivity index (χ1) is 15.0. The lowest BCUT2D eigenvalue weighted by Gasteiger charge is -2.36. The van der Waals surface area contributed by atoms with Crippen molar-refractivity contribution in [2.24, 2.45) is 0 Å². The number of imide groups is 1. The van der Waals surface area contributed by atoms with Crippen molar-refractivity contribution in [3.63, 3.8) is 0 Å². The Morgan fingerprint density at radius 3 is 2.68 bits per heavy atom. The molecule has 2 fully saturated rings. The Morgan fingerprint density at radius 2 is 1.97 bits per heavy atom. The van der Waals surface area contributed by atoms with Crippen LogP contribution in [0.2, 0.25) is 0 Å². The van der Waals surface area contributed by atoms with Crippen LogP contribution in [0.1, 0.15) is 34.5 Å².